The van der Waals surface area contributed by atoms with Gasteiger partial charge in [0.15, 0.2) is 0 Å². The summed E-state index contributed by atoms with van der Waals surface area (Å²) < 4.78 is 13.5. The van der Waals surface area contributed by atoms with E-state index < -0.39 is 0 Å². The lowest BCUT2D eigenvalue weighted by Crippen LogP contribution is -2.39. The third kappa shape index (κ3) is 3.08. The molecule has 0 N–H and O–H groups in total. The maximum atomic E-state index is 13.5. The van der Waals surface area contributed by atoms with Crippen LogP contribution in [0, 0.1) is 23.1 Å². The molecule has 0 unspecified atom stereocenters. The number of rotatable bonds is 1. The van der Waals surface area contributed by atoms with E-state index in [2.05, 4.69) is 31.7 Å². The Morgan fingerprint density at radius 1 is 1.32 bits per heavy atom. The smallest absolute Gasteiger partial charge is 0.124 e. The average molecular weight is 281 g/mol. The van der Waals surface area contributed by atoms with Gasteiger partial charge in [0.25, 0.3) is 0 Å². The summed E-state index contributed by atoms with van der Waals surface area (Å²) in [5, 5.41) is 9.71. The van der Waals surface area contributed by atoms with Crippen LogP contribution in [-0.2, 0) is 0 Å². The minimum absolute atomic E-state index is 0.0149. The van der Waals surface area contributed by atoms with Crippen LogP contribution < -0.4 is 0 Å². The molecule has 0 radical (unpaired) electrons. The summed E-state index contributed by atoms with van der Waals surface area (Å²) >= 11 is 5.91. The summed E-state index contributed by atoms with van der Waals surface area (Å²) in [7, 11) is 0. The van der Waals surface area contributed by atoms with E-state index in [1.54, 1.807) is 6.07 Å². The number of halogens is 2. The van der Waals surface area contributed by atoms with E-state index in [0.717, 1.165) is 18.7 Å². The number of nitrogens with zero attached hydrogens (tertiary/aromatic N) is 2. The normalized spacial score (nSPS) is 24.4. The topological polar surface area (TPSA) is 27.0 Å². The molecular formula is C15H18ClFN2. The van der Waals surface area contributed by atoms with Gasteiger partial charge in [0.1, 0.15) is 5.82 Å². The van der Waals surface area contributed by atoms with Gasteiger partial charge in [-0.05, 0) is 44.5 Å². The minimum atomic E-state index is -0.339. The van der Waals surface area contributed by atoms with Gasteiger partial charge in [-0.15, -0.1) is 0 Å². The highest BCUT2D eigenvalue weighted by atomic mass is 35.5. The highest BCUT2D eigenvalue weighted by Gasteiger charge is 2.38. The van der Waals surface area contributed by atoms with Gasteiger partial charge in [-0.3, -0.25) is 4.90 Å². The van der Waals surface area contributed by atoms with Gasteiger partial charge in [0, 0.05) is 29.6 Å². The van der Waals surface area contributed by atoms with Gasteiger partial charge >= 0.3 is 0 Å². The number of benzene rings is 1. The summed E-state index contributed by atoms with van der Waals surface area (Å²) in [5.74, 6) is -0.428. The lowest BCUT2D eigenvalue weighted by atomic mass is 9.90. The lowest BCUT2D eigenvalue weighted by Gasteiger charge is -2.31. The summed E-state index contributed by atoms with van der Waals surface area (Å²) in [6, 6.07) is 6.90. The Bertz CT molecular complexity index is 496. The van der Waals surface area contributed by atoms with Gasteiger partial charge in [0.2, 0.25) is 0 Å². The van der Waals surface area contributed by atoms with Gasteiger partial charge < -0.3 is 0 Å². The summed E-state index contributed by atoms with van der Waals surface area (Å²) in [4.78, 5) is 2.27. The van der Waals surface area contributed by atoms with Crippen molar-refractivity contribution in [1.29, 1.82) is 5.26 Å². The molecule has 0 aliphatic carbocycles. The van der Waals surface area contributed by atoms with Gasteiger partial charge in [-0.1, -0.05) is 11.6 Å². The molecule has 0 amide bonds. The van der Waals surface area contributed by atoms with E-state index in [1.165, 1.54) is 12.1 Å². The first kappa shape index (κ1) is 14.3. The molecule has 1 aromatic carbocycles. The van der Waals surface area contributed by atoms with Crippen LogP contribution in [0.4, 0.5) is 4.39 Å². The summed E-state index contributed by atoms with van der Waals surface area (Å²) in [5.41, 5.74) is 0.837. The van der Waals surface area contributed by atoms with E-state index in [9.17, 15) is 9.65 Å². The molecule has 1 fully saturated rings. The number of hydrogen-bond donors (Lipinski definition) is 0. The molecule has 19 heavy (non-hydrogen) atoms. The van der Waals surface area contributed by atoms with Crippen molar-refractivity contribution in [2.45, 2.75) is 32.2 Å². The molecule has 1 aliphatic rings. The van der Waals surface area contributed by atoms with E-state index in [4.69, 9.17) is 11.6 Å². The number of hydrogen-bond acceptors (Lipinski definition) is 2. The van der Waals surface area contributed by atoms with Crippen LogP contribution in [0.5, 0.6) is 0 Å². The molecular weight excluding hydrogens is 263 g/mol. The van der Waals surface area contributed by atoms with Crippen LogP contribution in [-0.4, -0.2) is 23.5 Å². The Labute approximate surface area is 118 Å². The zero-order chi connectivity index (χ0) is 14.2. The maximum Gasteiger partial charge on any atom is 0.124 e. The minimum Gasteiger partial charge on any atom is -0.297 e. The van der Waals surface area contributed by atoms with Crippen molar-refractivity contribution in [2.75, 3.05) is 13.1 Å². The van der Waals surface area contributed by atoms with Crippen LogP contribution in [0.2, 0.25) is 5.02 Å². The molecule has 2 rings (SSSR count). The first-order chi connectivity index (χ1) is 8.81. The van der Waals surface area contributed by atoms with Crippen molar-refractivity contribution in [3.05, 3.63) is 34.6 Å². The quantitative estimate of drug-likeness (QED) is 0.782. The Kier molecular flexibility index (Phi) is 3.85. The van der Waals surface area contributed by atoms with Gasteiger partial charge in [-0.2, -0.15) is 5.26 Å². The number of likely N-dealkylation sites (tertiary alicyclic amines) is 1. The molecule has 4 heteroatoms. The van der Waals surface area contributed by atoms with Gasteiger partial charge in [-0.25, -0.2) is 4.39 Å². The Balaban J connectivity index is 2.31. The standard InChI is InChI=1S/C15H18ClFN2/c1-15(2,3)19-8-11(7-18)14(9-19)10-4-12(16)6-13(17)5-10/h4-6,11,14H,8-9H2,1-3H3/t11-,14+/m1/s1. The fraction of sp³-hybridized carbons (Fsp3) is 0.533. The zero-order valence-electron chi connectivity index (χ0n) is 11.5. The fourth-order valence-corrected chi connectivity index (χ4v) is 2.84. The SMILES string of the molecule is CC(C)(C)N1C[C@@H](C#N)[C@H](c2cc(F)cc(Cl)c2)C1. The zero-order valence-corrected chi connectivity index (χ0v) is 12.2. The third-order valence-electron chi connectivity index (χ3n) is 3.75. The number of nitriles is 1. The molecule has 2 nitrogen and oxygen atoms in total. The maximum absolute atomic E-state index is 13.5. The molecule has 0 aromatic heterocycles. The fourth-order valence-electron chi connectivity index (χ4n) is 2.61. The first-order valence-corrected chi connectivity index (χ1v) is 6.79. The van der Waals surface area contributed by atoms with E-state index in [0.29, 0.717) is 5.02 Å². The second kappa shape index (κ2) is 5.11. The molecule has 1 aliphatic heterocycles. The van der Waals surface area contributed by atoms with E-state index in [1.807, 2.05) is 0 Å². The molecule has 1 saturated heterocycles. The summed E-state index contributed by atoms with van der Waals surface area (Å²) in [6.07, 6.45) is 0. The molecule has 0 spiro atoms. The second-order valence-electron chi connectivity index (χ2n) is 6.12. The van der Waals surface area contributed by atoms with Crippen LogP contribution >= 0.6 is 11.6 Å². The van der Waals surface area contributed by atoms with Crippen molar-refractivity contribution < 1.29 is 4.39 Å². The highest BCUT2D eigenvalue weighted by molar-refractivity contribution is 6.30. The Morgan fingerprint density at radius 2 is 2.00 bits per heavy atom. The Hall–Kier alpha value is -1.11. The molecule has 102 valence electrons. The molecule has 2 atom stereocenters. The predicted molar refractivity (Wildman–Crippen MR) is 74.6 cm³/mol. The lowest BCUT2D eigenvalue weighted by molar-refractivity contribution is 0.170. The van der Waals surface area contributed by atoms with Crippen LogP contribution in [0.15, 0.2) is 18.2 Å². The predicted octanol–water partition coefficient (Wildman–Crippen LogP) is 3.82. The highest BCUT2D eigenvalue weighted by Crippen LogP contribution is 2.36. The molecule has 0 bridgehead atoms. The first-order valence-electron chi connectivity index (χ1n) is 6.42. The van der Waals surface area contributed by atoms with Crippen molar-refractivity contribution in [3.63, 3.8) is 0 Å². The van der Waals surface area contributed by atoms with Crippen molar-refractivity contribution in [3.8, 4) is 6.07 Å². The largest absolute Gasteiger partial charge is 0.297 e. The van der Waals surface area contributed by atoms with Crippen LogP contribution in [0.25, 0.3) is 0 Å². The van der Waals surface area contributed by atoms with Crippen molar-refractivity contribution >= 4 is 11.6 Å². The average Bonchev–Trinajstić information content (AvgIpc) is 2.71. The second-order valence-corrected chi connectivity index (χ2v) is 6.56. The molecule has 1 heterocycles. The molecule has 0 saturated carbocycles. The van der Waals surface area contributed by atoms with Crippen molar-refractivity contribution in [1.82, 2.24) is 4.90 Å². The Morgan fingerprint density at radius 3 is 2.53 bits per heavy atom. The van der Waals surface area contributed by atoms with Crippen LogP contribution in [0.3, 0.4) is 0 Å². The van der Waals surface area contributed by atoms with Crippen LogP contribution in [0.1, 0.15) is 32.3 Å². The monoisotopic (exact) mass is 280 g/mol. The third-order valence-corrected chi connectivity index (χ3v) is 3.97. The van der Waals surface area contributed by atoms with E-state index in [-0.39, 0.29) is 23.2 Å². The van der Waals surface area contributed by atoms with Gasteiger partial charge in [0.05, 0.1) is 12.0 Å². The van der Waals surface area contributed by atoms with E-state index >= 15 is 0 Å². The molecule has 1 aromatic rings. The van der Waals surface area contributed by atoms with Crippen molar-refractivity contribution in [2.24, 2.45) is 5.92 Å². The summed E-state index contributed by atoms with van der Waals surface area (Å²) in [6.45, 7) is 7.87.